The fourth-order valence-corrected chi connectivity index (χ4v) is 4.27. The van der Waals surface area contributed by atoms with Crippen LogP contribution in [0.15, 0.2) is 29.3 Å². The molecule has 1 unspecified atom stereocenters. The predicted molar refractivity (Wildman–Crippen MR) is 117 cm³/mol. The van der Waals surface area contributed by atoms with Crippen LogP contribution in [0.4, 0.5) is 10.1 Å². The fourth-order valence-electron chi connectivity index (χ4n) is 4.27. The Morgan fingerprint density at radius 1 is 1.24 bits per heavy atom. The monoisotopic (exact) mass is 405 g/mol. The molecule has 1 aromatic carbocycles. The number of hydrogen-bond acceptors (Lipinski definition) is 4. The van der Waals surface area contributed by atoms with Crippen molar-refractivity contribution in [2.45, 2.75) is 31.7 Å². The van der Waals surface area contributed by atoms with E-state index in [1.807, 2.05) is 13.1 Å². The van der Waals surface area contributed by atoms with Gasteiger partial charge in [-0.1, -0.05) is 6.07 Å². The molecule has 0 radical (unpaired) electrons. The van der Waals surface area contributed by atoms with Crippen LogP contribution in [0.25, 0.3) is 0 Å². The molecule has 0 bridgehead atoms. The number of nitrogens with zero attached hydrogens (tertiary/aromatic N) is 3. The summed E-state index contributed by atoms with van der Waals surface area (Å²) in [6.07, 6.45) is 4.62. The highest BCUT2D eigenvalue weighted by Gasteiger charge is 2.22. The molecule has 0 aliphatic carbocycles. The third kappa shape index (κ3) is 6.85. The summed E-state index contributed by atoms with van der Waals surface area (Å²) in [5, 5.41) is 7.10. The largest absolute Gasteiger partial charge is 0.383 e. The number of benzene rings is 1. The molecule has 2 heterocycles. The summed E-state index contributed by atoms with van der Waals surface area (Å²) in [5.41, 5.74) is 0.958. The minimum atomic E-state index is -0.177. The van der Waals surface area contributed by atoms with Crippen molar-refractivity contribution in [2.24, 2.45) is 10.9 Å². The molecule has 7 heteroatoms. The van der Waals surface area contributed by atoms with E-state index < -0.39 is 0 Å². The normalized spacial score (nSPS) is 22.0. The number of ether oxygens (including phenoxy) is 1. The first-order chi connectivity index (χ1) is 14.2. The molecule has 29 heavy (non-hydrogen) atoms. The highest BCUT2D eigenvalue weighted by molar-refractivity contribution is 5.80. The summed E-state index contributed by atoms with van der Waals surface area (Å²) < 4.78 is 18.7. The molecule has 0 aromatic heterocycles. The Balaban J connectivity index is 1.42. The Kier molecular flexibility index (Phi) is 8.55. The summed E-state index contributed by atoms with van der Waals surface area (Å²) in [4.78, 5) is 9.16. The molecule has 2 fully saturated rings. The van der Waals surface area contributed by atoms with Gasteiger partial charge in [0.25, 0.3) is 0 Å². The molecule has 2 aliphatic rings. The van der Waals surface area contributed by atoms with Gasteiger partial charge >= 0.3 is 0 Å². The topological polar surface area (TPSA) is 52.1 Å². The second kappa shape index (κ2) is 11.4. The molecule has 162 valence electrons. The van der Waals surface area contributed by atoms with Crippen LogP contribution in [0.2, 0.25) is 0 Å². The van der Waals surface area contributed by atoms with Crippen LogP contribution >= 0.6 is 0 Å². The molecular formula is C22H36FN5O. The van der Waals surface area contributed by atoms with E-state index in [1.54, 1.807) is 19.2 Å². The van der Waals surface area contributed by atoms with Crippen LogP contribution < -0.4 is 15.5 Å². The standard InChI is InChI=1S/C22H36FN5O/c1-24-22(25-16-18-8-11-27(12-9-18)13-14-29-2)26-20-6-4-10-28(17-20)21-7-3-5-19(23)15-21/h3,5,7,15,18,20H,4,6,8-14,16-17H2,1-2H3,(H2,24,25,26). The van der Waals surface area contributed by atoms with Crippen molar-refractivity contribution < 1.29 is 9.13 Å². The van der Waals surface area contributed by atoms with Gasteiger partial charge in [0.15, 0.2) is 5.96 Å². The van der Waals surface area contributed by atoms with Crippen molar-refractivity contribution in [2.75, 3.05) is 64.9 Å². The summed E-state index contributed by atoms with van der Waals surface area (Å²) in [7, 11) is 3.59. The molecule has 0 amide bonds. The Hall–Kier alpha value is -1.86. The van der Waals surface area contributed by atoms with E-state index in [1.165, 1.54) is 18.9 Å². The number of rotatable bonds is 7. The van der Waals surface area contributed by atoms with Crippen molar-refractivity contribution in [3.63, 3.8) is 0 Å². The molecule has 0 saturated carbocycles. The number of halogens is 1. The molecule has 2 aliphatic heterocycles. The first kappa shape index (κ1) is 21.8. The van der Waals surface area contributed by atoms with Gasteiger partial charge in [-0.3, -0.25) is 4.99 Å². The van der Waals surface area contributed by atoms with Crippen LogP contribution in [0.1, 0.15) is 25.7 Å². The van der Waals surface area contributed by atoms with Gasteiger partial charge in [0.1, 0.15) is 5.82 Å². The van der Waals surface area contributed by atoms with Crippen molar-refractivity contribution in [1.29, 1.82) is 0 Å². The second-order valence-electron chi connectivity index (χ2n) is 8.14. The van der Waals surface area contributed by atoms with Crippen LogP contribution in [0, 0.1) is 11.7 Å². The molecule has 0 spiro atoms. The molecule has 1 aromatic rings. The summed E-state index contributed by atoms with van der Waals surface area (Å²) in [6, 6.07) is 7.19. The van der Waals surface area contributed by atoms with Gasteiger partial charge in [-0.25, -0.2) is 4.39 Å². The van der Waals surface area contributed by atoms with E-state index in [0.29, 0.717) is 12.0 Å². The second-order valence-corrected chi connectivity index (χ2v) is 8.14. The van der Waals surface area contributed by atoms with Crippen molar-refractivity contribution >= 4 is 11.6 Å². The number of likely N-dealkylation sites (tertiary alicyclic amines) is 1. The van der Waals surface area contributed by atoms with Crippen LogP contribution in [0.3, 0.4) is 0 Å². The smallest absolute Gasteiger partial charge is 0.191 e. The lowest BCUT2D eigenvalue weighted by Crippen LogP contribution is -2.52. The predicted octanol–water partition coefficient (Wildman–Crippen LogP) is 2.32. The minimum Gasteiger partial charge on any atom is -0.383 e. The fraction of sp³-hybridized carbons (Fsp3) is 0.682. The maximum atomic E-state index is 13.6. The number of methoxy groups -OCH3 is 1. The number of nitrogens with one attached hydrogen (secondary N) is 2. The zero-order valence-corrected chi connectivity index (χ0v) is 17.9. The highest BCUT2D eigenvalue weighted by atomic mass is 19.1. The third-order valence-corrected chi connectivity index (χ3v) is 6.04. The molecule has 2 N–H and O–H groups in total. The molecule has 3 rings (SSSR count). The number of anilines is 1. The lowest BCUT2D eigenvalue weighted by atomic mass is 9.97. The Morgan fingerprint density at radius 3 is 2.79 bits per heavy atom. The zero-order valence-electron chi connectivity index (χ0n) is 17.9. The van der Waals surface area contributed by atoms with Crippen LogP contribution in [-0.2, 0) is 4.74 Å². The number of hydrogen-bond donors (Lipinski definition) is 2. The van der Waals surface area contributed by atoms with Crippen molar-refractivity contribution in [1.82, 2.24) is 15.5 Å². The molecule has 6 nitrogen and oxygen atoms in total. The van der Waals surface area contributed by atoms with Gasteiger partial charge in [-0.2, -0.15) is 0 Å². The minimum absolute atomic E-state index is 0.177. The van der Waals surface area contributed by atoms with Crippen LogP contribution in [-0.4, -0.2) is 76.9 Å². The van der Waals surface area contributed by atoms with Gasteiger partial charge in [0.05, 0.1) is 6.61 Å². The maximum absolute atomic E-state index is 13.6. The molecule has 1 atom stereocenters. The van der Waals surface area contributed by atoms with E-state index in [-0.39, 0.29) is 5.82 Å². The Bertz CT molecular complexity index is 648. The number of guanidine groups is 1. The lowest BCUT2D eigenvalue weighted by Gasteiger charge is -2.36. The van der Waals surface area contributed by atoms with Gasteiger partial charge in [0, 0.05) is 52.1 Å². The van der Waals surface area contributed by atoms with Crippen molar-refractivity contribution in [3.05, 3.63) is 30.1 Å². The van der Waals surface area contributed by atoms with E-state index >= 15 is 0 Å². The van der Waals surface area contributed by atoms with Gasteiger partial charge < -0.3 is 25.2 Å². The molecular weight excluding hydrogens is 369 g/mol. The third-order valence-electron chi connectivity index (χ3n) is 6.04. The van der Waals surface area contributed by atoms with E-state index in [2.05, 4.69) is 25.4 Å². The first-order valence-corrected chi connectivity index (χ1v) is 10.9. The average molecular weight is 406 g/mol. The Labute approximate surface area is 174 Å². The summed E-state index contributed by atoms with van der Waals surface area (Å²) >= 11 is 0. The van der Waals surface area contributed by atoms with Gasteiger partial charge in [0.2, 0.25) is 0 Å². The quantitative estimate of drug-likeness (QED) is 0.539. The zero-order chi connectivity index (χ0) is 20.5. The average Bonchev–Trinajstić information content (AvgIpc) is 2.76. The number of aliphatic imine (C=N–C) groups is 1. The number of piperidine rings is 2. The summed E-state index contributed by atoms with van der Waals surface area (Å²) in [5.74, 6) is 1.38. The van der Waals surface area contributed by atoms with Crippen LogP contribution in [0.5, 0.6) is 0 Å². The highest BCUT2D eigenvalue weighted by Crippen LogP contribution is 2.21. The Morgan fingerprint density at radius 2 is 2.07 bits per heavy atom. The summed E-state index contributed by atoms with van der Waals surface area (Å²) in [6.45, 7) is 6.92. The van der Waals surface area contributed by atoms with E-state index in [9.17, 15) is 4.39 Å². The lowest BCUT2D eigenvalue weighted by molar-refractivity contribution is 0.121. The van der Waals surface area contributed by atoms with Gasteiger partial charge in [-0.05, 0) is 62.9 Å². The molecule has 2 saturated heterocycles. The maximum Gasteiger partial charge on any atom is 0.191 e. The first-order valence-electron chi connectivity index (χ1n) is 10.9. The van der Waals surface area contributed by atoms with Gasteiger partial charge in [-0.15, -0.1) is 0 Å². The van der Waals surface area contributed by atoms with E-state index in [0.717, 1.165) is 70.4 Å². The van der Waals surface area contributed by atoms with Crippen molar-refractivity contribution in [3.8, 4) is 0 Å². The SMILES string of the molecule is CN=C(NCC1CCN(CCOC)CC1)NC1CCCN(c2cccc(F)c2)C1. The van der Waals surface area contributed by atoms with E-state index in [4.69, 9.17) is 4.74 Å².